The van der Waals surface area contributed by atoms with Crippen molar-refractivity contribution >= 4 is 17.8 Å². The Kier molecular flexibility index (Phi) is 4.20. The highest BCUT2D eigenvalue weighted by Crippen LogP contribution is 2.30. The van der Waals surface area contributed by atoms with E-state index in [0.717, 1.165) is 0 Å². The highest BCUT2D eigenvalue weighted by Gasteiger charge is 2.48. The number of barbiturate groups is 1. The molecule has 0 saturated carbocycles. The third kappa shape index (κ3) is 2.61. The van der Waals surface area contributed by atoms with Gasteiger partial charge in [-0.3, -0.25) is 20.2 Å². The Morgan fingerprint density at radius 1 is 0.941 bits per heavy atom. The quantitative estimate of drug-likeness (QED) is 0.570. The molecule has 0 unspecified atom stereocenters. The molecule has 0 aromatic carbocycles. The van der Waals surface area contributed by atoms with E-state index >= 15 is 0 Å². The summed E-state index contributed by atoms with van der Waals surface area (Å²) in [5, 5.41) is 4.28. The van der Waals surface area contributed by atoms with Crippen LogP contribution < -0.4 is 10.6 Å². The van der Waals surface area contributed by atoms with E-state index in [4.69, 9.17) is 0 Å². The number of hydrogen-bond acceptors (Lipinski definition) is 3. The van der Waals surface area contributed by atoms with Crippen LogP contribution in [0.2, 0.25) is 0 Å². The van der Waals surface area contributed by atoms with E-state index in [1.165, 1.54) is 0 Å². The molecule has 1 rings (SSSR count). The summed E-state index contributed by atoms with van der Waals surface area (Å²) >= 11 is 0. The molecule has 0 aromatic heterocycles. The van der Waals surface area contributed by atoms with Gasteiger partial charge in [-0.1, -0.05) is 24.3 Å². The Bertz CT molecular complexity index is 361. The van der Waals surface area contributed by atoms with E-state index in [1.807, 2.05) is 13.8 Å². The van der Waals surface area contributed by atoms with Gasteiger partial charge in [-0.05, 0) is 26.7 Å². The summed E-state index contributed by atoms with van der Waals surface area (Å²) in [6.07, 6.45) is 7.59. The lowest BCUT2D eigenvalue weighted by atomic mass is 9.78. The van der Waals surface area contributed by atoms with Crippen LogP contribution >= 0.6 is 0 Å². The number of carbonyl (C=O) groups is 3. The van der Waals surface area contributed by atoms with Gasteiger partial charge in [-0.2, -0.15) is 0 Å². The van der Waals surface area contributed by atoms with Crippen molar-refractivity contribution in [3.8, 4) is 0 Å². The normalized spacial score (nSPS) is 19.8. The highest BCUT2D eigenvalue weighted by atomic mass is 16.2. The van der Waals surface area contributed by atoms with Gasteiger partial charge in [0.2, 0.25) is 11.8 Å². The maximum Gasteiger partial charge on any atom is 0.328 e. The minimum absolute atomic E-state index is 0.277. The number of hydrogen-bond donors (Lipinski definition) is 2. The molecule has 0 bridgehead atoms. The van der Waals surface area contributed by atoms with Crippen LogP contribution in [0.5, 0.6) is 0 Å². The van der Waals surface area contributed by atoms with Gasteiger partial charge in [-0.25, -0.2) is 4.79 Å². The molecule has 0 radical (unpaired) electrons. The van der Waals surface area contributed by atoms with E-state index < -0.39 is 23.3 Å². The first-order valence-corrected chi connectivity index (χ1v) is 5.46. The number of allylic oxidation sites excluding steroid dienone is 4. The first kappa shape index (κ1) is 13.2. The second-order valence-corrected chi connectivity index (χ2v) is 3.87. The van der Waals surface area contributed by atoms with E-state index in [1.54, 1.807) is 24.3 Å². The molecule has 92 valence electrons. The standard InChI is InChI=1S/C12H16N2O3/c1-3-5-7-12(8-6-4-2)9(15)13-11(17)14-10(12)16/h3-6H,7-8H2,1-2H3,(H2,13,14,15,16,17)/b5-3-,6-4+. The Hall–Kier alpha value is -1.91. The third-order valence-corrected chi connectivity index (χ3v) is 2.73. The lowest BCUT2D eigenvalue weighted by Crippen LogP contribution is -2.62. The monoisotopic (exact) mass is 236 g/mol. The van der Waals surface area contributed by atoms with E-state index in [0.29, 0.717) is 0 Å². The maximum atomic E-state index is 11.9. The smallest absolute Gasteiger partial charge is 0.277 e. The number of carbonyl (C=O) groups excluding carboxylic acids is 3. The molecule has 5 nitrogen and oxygen atoms in total. The molecule has 2 N–H and O–H groups in total. The topological polar surface area (TPSA) is 75.3 Å². The molecule has 17 heavy (non-hydrogen) atoms. The molecule has 0 spiro atoms. The van der Waals surface area contributed by atoms with Crippen molar-refractivity contribution in [3.63, 3.8) is 0 Å². The molecular formula is C12H16N2O3. The summed E-state index contributed by atoms with van der Waals surface area (Å²) in [7, 11) is 0. The number of urea groups is 1. The maximum absolute atomic E-state index is 11.9. The molecule has 0 atom stereocenters. The lowest BCUT2D eigenvalue weighted by molar-refractivity contribution is -0.144. The molecule has 1 fully saturated rings. The summed E-state index contributed by atoms with van der Waals surface area (Å²) in [5.41, 5.74) is -1.22. The molecule has 5 heteroatoms. The fraction of sp³-hybridized carbons (Fsp3) is 0.417. The molecule has 0 aromatic rings. The zero-order valence-corrected chi connectivity index (χ0v) is 9.95. The Morgan fingerprint density at radius 3 is 1.71 bits per heavy atom. The Labute approximate surface area is 100.0 Å². The fourth-order valence-corrected chi connectivity index (χ4v) is 1.67. The number of amides is 4. The predicted molar refractivity (Wildman–Crippen MR) is 63.0 cm³/mol. The second kappa shape index (κ2) is 5.43. The van der Waals surface area contributed by atoms with Gasteiger partial charge in [0.25, 0.3) is 0 Å². The van der Waals surface area contributed by atoms with Gasteiger partial charge in [0, 0.05) is 0 Å². The Morgan fingerprint density at radius 2 is 1.35 bits per heavy atom. The number of rotatable bonds is 4. The average Bonchev–Trinajstić information content (AvgIpc) is 2.27. The molecule has 1 saturated heterocycles. The zero-order chi connectivity index (χ0) is 12.9. The van der Waals surface area contributed by atoms with Crippen LogP contribution in [-0.4, -0.2) is 17.8 Å². The predicted octanol–water partition coefficient (Wildman–Crippen LogP) is 1.27. The summed E-state index contributed by atoms with van der Waals surface area (Å²) in [6.45, 7) is 3.63. The number of imide groups is 2. The van der Waals surface area contributed by atoms with Gasteiger partial charge in [0.1, 0.15) is 5.41 Å². The van der Waals surface area contributed by atoms with Crippen molar-refractivity contribution in [2.45, 2.75) is 26.7 Å². The first-order chi connectivity index (χ1) is 8.06. The molecule has 0 aliphatic carbocycles. The van der Waals surface area contributed by atoms with Gasteiger partial charge in [0.15, 0.2) is 0 Å². The summed E-state index contributed by atoms with van der Waals surface area (Å²) in [4.78, 5) is 34.8. The van der Waals surface area contributed by atoms with Crippen LogP contribution in [0.15, 0.2) is 24.3 Å². The second-order valence-electron chi connectivity index (χ2n) is 3.87. The molecule has 1 aliphatic rings. The SMILES string of the molecule is C/C=C\CC1(C/C=C/C)C(=O)NC(=O)NC1=O. The number of nitrogens with one attached hydrogen (secondary N) is 2. The average molecular weight is 236 g/mol. The third-order valence-electron chi connectivity index (χ3n) is 2.73. The van der Waals surface area contributed by atoms with Gasteiger partial charge >= 0.3 is 6.03 Å². The van der Waals surface area contributed by atoms with Crippen LogP contribution in [0.25, 0.3) is 0 Å². The van der Waals surface area contributed by atoms with E-state index in [-0.39, 0.29) is 12.8 Å². The van der Waals surface area contributed by atoms with Crippen molar-refractivity contribution in [1.82, 2.24) is 10.6 Å². The minimum atomic E-state index is -1.22. The van der Waals surface area contributed by atoms with Crippen LogP contribution in [0, 0.1) is 5.41 Å². The van der Waals surface area contributed by atoms with Crippen molar-refractivity contribution in [2.24, 2.45) is 5.41 Å². The lowest BCUT2D eigenvalue weighted by Gasteiger charge is -2.32. The molecule has 1 aliphatic heterocycles. The molecule has 4 amide bonds. The largest absolute Gasteiger partial charge is 0.328 e. The van der Waals surface area contributed by atoms with Crippen molar-refractivity contribution in [1.29, 1.82) is 0 Å². The fourth-order valence-electron chi connectivity index (χ4n) is 1.67. The van der Waals surface area contributed by atoms with Crippen molar-refractivity contribution < 1.29 is 14.4 Å². The molecular weight excluding hydrogens is 220 g/mol. The minimum Gasteiger partial charge on any atom is -0.277 e. The van der Waals surface area contributed by atoms with E-state index in [9.17, 15) is 14.4 Å². The van der Waals surface area contributed by atoms with Crippen LogP contribution in [0.4, 0.5) is 4.79 Å². The van der Waals surface area contributed by atoms with Gasteiger partial charge < -0.3 is 0 Å². The summed E-state index contributed by atoms with van der Waals surface area (Å²) in [6, 6.07) is -0.753. The van der Waals surface area contributed by atoms with Crippen LogP contribution in [0.3, 0.4) is 0 Å². The van der Waals surface area contributed by atoms with E-state index in [2.05, 4.69) is 10.6 Å². The highest BCUT2D eigenvalue weighted by molar-refractivity contribution is 6.19. The summed E-state index contributed by atoms with van der Waals surface area (Å²) in [5.74, 6) is -1.08. The van der Waals surface area contributed by atoms with Crippen LogP contribution in [0.1, 0.15) is 26.7 Å². The van der Waals surface area contributed by atoms with Crippen LogP contribution in [-0.2, 0) is 9.59 Å². The van der Waals surface area contributed by atoms with Gasteiger partial charge in [-0.15, -0.1) is 0 Å². The zero-order valence-electron chi connectivity index (χ0n) is 9.95. The van der Waals surface area contributed by atoms with Crippen molar-refractivity contribution in [3.05, 3.63) is 24.3 Å². The first-order valence-electron chi connectivity index (χ1n) is 5.46. The van der Waals surface area contributed by atoms with Gasteiger partial charge in [0.05, 0.1) is 0 Å². The molecule has 1 heterocycles. The Balaban J connectivity index is 3.05. The summed E-state index contributed by atoms with van der Waals surface area (Å²) < 4.78 is 0. The van der Waals surface area contributed by atoms with Crippen molar-refractivity contribution in [2.75, 3.05) is 0 Å².